The Kier molecular flexibility index (Phi) is 8.26. The van der Waals surface area contributed by atoms with Crippen LogP contribution < -0.4 is 16.4 Å². The first-order valence-electron chi connectivity index (χ1n) is 7.33. The van der Waals surface area contributed by atoms with Gasteiger partial charge in [-0.25, -0.2) is 0 Å². The van der Waals surface area contributed by atoms with Crippen LogP contribution in [0.25, 0.3) is 0 Å². The van der Waals surface area contributed by atoms with Gasteiger partial charge in [-0.1, -0.05) is 0 Å². The van der Waals surface area contributed by atoms with Crippen LogP contribution in [0.1, 0.15) is 6.42 Å². The molecule has 0 radical (unpaired) electrons. The summed E-state index contributed by atoms with van der Waals surface area (Å²) < 4.78 is 4.98. The highest BCUT2D eigenvalue weighted by Crippen LogP contribution is 2.25. The van der Waals surface area contributed by atoms with Crippen molar-refractivity contribution in [1.29, 1.82) is 0 Å². The van der Waals surface area contributed by atoms with E-state index in [2.05, 4.69) is 10.6 Å². The summed E-state index contributed by atoms with van der Waals surface area (Å²) in [4.78, 5) is 33.3. The summed E-state index contributed by atoms with van der Waals surface area (Å²) in [5, 5.41) is 33.5. The summed E-state index contributed by atoms with van der Waals surface area (Å²) in [5.74, 6) is -1.85. The number of hydrogen-bond donors (Lipinski definition) is 5. The van der Waals surface area contributed by atoms with Crippen molar-refractivity contribution in [3.63, 3.8) is 0 Å². The van der Waals surface area contributed by atoms with E-state index < -0.39 is 22.8 Å². The molecule has 1 atom stereocenters. The average Bonchev–Trinajstić information content (AvgIpc) is 2.54. The summed E-state index contributed by atoms with van der Waals surface area (Å²) in [6, 6.07) is 2.60. The largest absolute Gasteiger partial charge is 0.480 e. The molecule has 11 heteroatoms. The molecule has 1 aromatic carbocycles. The molecule has 0 unspecified atom stereocenters. The Balaban J connectivity index is 2.58. The van der Waals surface area contributed by atoms with Crippen LogP contribution in [0, 0.1) is 10.1 Å². The molecule has 1 rings (SSSR count). The summed E-state index contributed by atoms with van der Waals surface area (Å²) in [6.07, 6.45) is -0.381. The predicted molar refractivity (Wildman–Crippen MR) is 88.1 cm³/mol. The zero-order valence-corrected chi connectivity index (χ0v) is 13.3. The van der Waals surface area contributed by atoms with Gasteiger partial charge in [0.1, 0.15) is 11.7 Å². The number of aliphatic hydroxyl groups excluding tert-OH is 1. The lowest BCUT2D eigenvalue weighted by atomic mass is 10.2. The lowest BCUT2D eigenvalue weighted by Crippen LogP contribution is -2.41. The van der Waals surface area contributed by atoms with Gasteiger partial charge in [0.05, 0.1) is 31.2 Å². The van der Waals surface area contributed by atoms with Crippen LogP contribution in [0.3, 0.4) is 0 Å². The maximum Gasteiger partial charge on any atom is 0.321 e. The van der Waals surface area contributed by atoms with E-state index in [1.54, 1.807) is 0 Å². The fourth-order valence-corrected chi connectivity index (χ4v) is 1.90. The minimum absolute atomic E-state index is 0.0454. The first-order chi connectivity index (χ1) is 11.8. The van der Waals surface area contributed by atoms with Crippen LogP contribution in [0.4, 0.5) is 17.1 Å². The number of nitrogens with one attached hydrogen (secondary N) is 2. The number of aliphatic hydroxyl groups is 1. The molecule has 138 valence electrons. The number of benzene rings is 1. The number of nitrogen functional groups attached to an aromatic ring is 1. The molecule has 25 heavy (non-hydrogen) atoms. The van der Waals surface area contributed by atoms with E-state index in [9.17, 15) is 19.7 Å². The number of carboxylic acid groups (broad SMARTS) is 1. The Hall–Kier alpha value is -2.76. The Bertz CT molecular complexity index is 623. The van der Waals surface area contributed by atoms with Crippen molar-refractivity contribution < 1.29 is 29.5 Å². The SMILES string of the molecule is Nc1ccc(NC(=O)C[C@H](NCCOCCO)C(=O)O)cc1[N+](=O)[O-]. The molecule has 0 fully saturated rings. The quantitative estimate of drug-likeness (QED) is 0.152. The normalized spacial score (nSPS) is 11.7. The lowest BCUT2D eigenvalue weighted by Gasteiger charge is -2.14. The summed E-state index contributed by atoms with van der Waals surface area (Å²) in [6.45, 7) is 0.349. The summed E-state index contributed by atoms with van der Waals surface area (Å²) in [5.41, 5.74) is 5.20. The van der Waals surface area contributed by atoms with E-state index in [-0.39, 0.29) is 49.8 Å². The van der Waals surface area contributed by atoms with Crippen molar-refractivity contribution in [3.8, 4) is 0 Å². The fourth-order valence-electron chi connectivity index (χ4n) is 1.90. The number of nitrogens with two attached hydrogens (primary N) is 1. The summed E-state index contributed by atoms with van der Waals surface area (Å²) in [7, 11) is 0. The lowest BCUT2D eigenvalue weighted by molar-refractivity contribution is -0.383. The maximum atomic E-state index is 11.9. The second-order valence-electron chi connectivity index (χ2n) is 4.96. The minimum atomic E-state index is -1.22. The number of ether oxygens (including phenoxy) is 1. The monoisotopic (exact) mass is 356 g/mol. The number of aliphatic carboxylic acids is 1. The number of amides is 1. The number of nitro benzene ring substituents is 1. The zero-order valence-electron chi connectivity index (χ0n) is 13.3. The molecule has 0 saturated heterocycles. The first kappa shape index (κ1) is 20.3. The van der Waals surface area contributed by atoms with Crippen LogP contribution in [0.5, 0.6) is 0 Å². The third-order valence-electron chi connectivity index (χ3n) is 3.07. The average molecular weight is 356 g/mol. The van der Waals surface area contributed by atoms with Crippen molar-refractivity contribution in [2.45, 2.75) is 12.5 Å². The highest BCUT2D eigenvalue weighted by Gasteiger charge is 2.21. The van der Waals surface area contributed by atoms with Gasteiger partial charge in [-0.3, -0.25) is 19.7 Å². The number of rotatable bonds is 11. The number of nitrogens with zero attached hydrogens (tertiary/aromatic N) is 1. The van der Waals surface area contributed by atoms with Gasteiger partial charge in [0, 0.05) is 18.3 Å². The van der Waals surface area contributed by atoms with Gasteiger partial charge in [-0.15, -0.1) is 0 Å². The molecule has 0 aliphatic carbocycles. The zero-order chi connectivity index (χ0) is 18.8. The number of hydrogen-bond acceptors (Lipinski definition) is 8. The topological polar surface area (TPSA) is 177 Å². The van der Waals surface area contributed by atoms with Crippen LogP contribution >= 0.6 is 0 Å². The van der Waals surface area contributed by atoms with E-state index in [0.29, 0.717) is 0 Å². The molecule has 0 aliphatic heterocycles. The first-order valence-corrected chi connectivity index (χ1v) is 7.33. The molecule has 11 nitrogen and oxygen atoms in total. The Morgan fingerprint density at radius 1 is 1.36 bits per heavy atom. The molecule has 1 amide bonds. The third kappa shape index (κ3) is 7.12. The molecule has 0 aliphatic rings. The smallest absolute Gasteiger partial charge is 0.321 e. The highest BCUT2D eigenvalue weighted by atomic mass is 16.6. The van der Waals surface area contributed by atoms with E-state index in [1.165, 1.54) is 12.1 Å². The highest BCUT2D eigenvalue weighted by molar-refractivity contribution is 5.94. The number of carbonyl (C=O) groups excluding carboxylic acids is 1. The number of anilines is 2. The van der Waals surface area contributed by atoms with E-state index in [0.717, 1.165) is 6.07 Å². The van der Waals surface area contributed by atoms with Gasteiger partial charge >= 0.3 is 5.97 Å². The number of nitro groups is 1. The Morgan fingerprint density at radius 3 is 2.68 bits per heavy atom. The van der Waals surface area contributed by atoms with Gasteiger partial charge in [-0.05, 0) is 12.1 Å². The van der Waals surface area contributed by atoms with Crippen molar-refractivity contribution in [1.82, 2.24) is 5.32 Å². The predicted octanol–water partition coefficient (Wildman–Crippen LogP) is -0.443. The minimum Gasteiger partial charge on any atom is -0.480 e. The van der Waals surface area contributed by atoms with Crippen LogP contribution in [0.2, 0.25) is 0 Å². The van der Waals surface area contributed by atoms with E-state index in [1.807, 2.05) is 0 Å². The van der Waals surface area contributed by atoms with Gasteiger partial charge in [0.2, 0.25) is 5.91 Å². The van der Waals surface area contributed by atoms with Gasteiger partial charge in [0.25, 0.3) is 5.69 Å². The molecule has 0 aromatic heterocycles. The van der Waals surface area contributed by atoms with Gasteiger partial charge < -0.3 is 31.3 Å². The molecule has 0 saturated carbocycles. The number of carboxylic acids is 1. The number of carbonyl (C=O) groups is 2. The van der Waals surface area contributed by atoms with E-state index in [4.69, 9.17) is 20.7 Å². The van der Waals surface area contributed by atoms with Crippen molar-refractivity contribution in [3.05, 3.63) is 28.3 Å². The molecule has 6 N–H and O–H groups in total. The van der Waals surface area contributed by atoms with E-state index >= 15 is 0 Å². The van der Waals surface area contributed by atoms with Crippen molar-refractivity contribution >= 4 is 28.9 Å². The standard InChI is InChI=1S/C14H20N4O7/c15-10-2-1-9(7-12(10)18(23)24)17-13(20)8-11(14(21)22)16-3-5-25-6-4-19/h1-2,7,11,16,19H,3-6,8,15H2,(H,17,20)(H,21,22)/t11-/m0/s1. The van der Waals surface area contributed by atoms with Gasteiger partial charge in [-0.2, -0.15) is 0 Å². The Morgan fingerprint density at radius 2 is 2.08 bits per heavy atom. The maximum absolute atomic E-state index is 11.9. The van der Waals surface area contributed by atoms with Crippen LogP contribution in [-0.4, -0.2) is 59.4 Å². The molecule has 0 heterocycles. The molecule has 0 bridgehead atoms. The third-order valence-corrected chi connectivity index (χ3v) is 3.07. The molecule has 0 spiro atoms. The Labute approximate surface area is 142 Å². The van der Waals surface area contributed by atoms with Crippen LogP contribution in [0.15, 0.2) is 18.2 Å². The van der Waals surface area contributed by atoms with Crippen molar-refractivity contribution in [2.75, 3.05) is 37.4 Å². The fraction of sp³-hybridized carbons (Fsp3) is 0.429. The second kappa shape index (κ2) is 10.2. The molecular weight excluding hydrogens is 336 g/mol. The van der Waals surface area contributed by atoms with Crippen molar-refractivity contribution in [2.24, 2.45) is 0 Å². The summed E-state index contributed by atoms with van der Waals surface area (Å²) >= 11 is 0. The van der Waals surface area contributed by atoms with Crippen LogP contribution in [-0.2, 0) is 14.3 Å². The van der Waals surface area contributed by atoms with Gasteiger partial charge in [0.15, 0.2) is 0 Å². The molecular formula is C14H20N4O7. The molecule has 1 aromatic rings. The second-order valence-corrected chi connectivity index (χ2v) is 4.96.